The van der Waals surface area contributed by atoms with Crippen LogP contribution in [0.4, 0.5) is 0 Å². The van der Waals surface area contributed by atoms with Crippen molar-refractivity contribution in [2.75, 3.05) is 19.8 Å². The molecule has 0 amide bonds. The molecule has 0 aromatic heterocycles. The Kier molecular flexibility index (Phi) is 17.7. The Morgan fingerprint density at radius 3 is 2.17 bits per heavy atom. The summed E-state index contributed by atoms with van der Waals surface area (Å²) in [7, 11) is -4.68. The number of carbonyl (C=O) groups is 3. The zero-order valence-electron chi connectivity index (χ0n) is 22.7. The topological polar surface area (TPSA) is 155 Å². The van der Waals surface area contributed by atoms with Crippen LogP contribution in [0.3, 0.4) is 0 Å². The largest absolute Gasteiger partial charge is 1.00 e. The summed E-state index contributed by atoms with van der Waals surface area (Å²) in [6.45, 7) is 1.97. The van der Waals surface area contributed by atoms with Crippen LogP contribution < -0.4 is 43.9 Å². The first-order valence-electron chi connectivity index (χ1n) is 12.2. The van der Waals surface area contributed by atoms with Crippen LogP contribution in [0.2, 0.25) is 10.0 Å². The van der Waals surface area contributed by atoms with Gasteiger partial charge in [0.25, 0.3) is 0 Å². The van der Waals surface area contributed by atoms with E-state index >= 15 is 0 Å². The van der Waals surface area contributed by atoms with Gasteiger partial charge < -0.3 is 18.9 Å². The molecule has 1 aliphatic rings. The molecule has 0 saturated carbocycles. The minimum atomic E-state index is -4.68. The van der Waals surface area contributed by atoms with Crippen LogP contribution in [0, 0.1) is 0 Å². The second-order valence-corrected chi connectivity index (χ2v) is 10.2. The maximum absolute atomic E-state index is 11.8. The molecule has 41 heavy (non-hydrogen) atoms. The number of rotatable bonds is 16. The van der Waals surface area contributed by atoms with E-state index in [9.17, 15) is 27.4 Å². The van der Waals surface area contributed by atoms with Crippen molar-refractivity contribution in [2.45, 2.75) is 52.1 Å². The molecule has 0 unspecified atom stereocenters. The summed E-state index contributed by atoms with van der Waals surface area (Å²) in [6.07, 6.45) is 1.59. The van der Waals surface area contributed by atoms with E-state index in [1.54, 1.807) is 25.1 Å². The van der Waals surface area contributed by atoms with Gasteiger partial charge in [-0.1, -0.05) is 30.1 Å². The van der Waals surface area contributed by atoms with Crippen molar-refractivity contribution in [1.29, 1.82) is 0 Å². The number of ketones is 3. The molecule has 0 spiro atoms. The van der Waals surface area contributed by atoms with Gasteiger partial charge in [-0.2, -0.15) is 4.89 Å². The summed E-state index contributed by atoms with van der Waals surface area (Å²) in [5.74, 6) is 1.59. The smallest absolute Gasteiger partial charge is 0.726 e. The van der Waals surface area contributed by atoms with Gasteiger partial charge in [-0.05, 0) is 30.3 Å². The molecule has 3 rings (SSSR count). The van der Waals surface area contributed by atoms with Gasteiger partial charge in [-0.3, -0.25) is 18.6 Å². The molecule has 1 heterocycles. The molecule has 11 nitrogen and oxygen atoms in total. The second-order valence-electron chi connectivity index (χ2n) is 8.34. The molecule has 0 bridgehead atoms. The van der Waals surface area contributed by atoms with Crippen molar-refractivity contribution in [1.82, 2.24) is 0 Å². The normalized spacial score (nSPS) is 11.7. The van der Waals surface area contributed by atoms with Gasteiger partial charge in [-0.15, -0.1) is 0 Å². The van der Waals surface area contributed by atoms with E-state index in [0.717, 1.165) is 5.56 Å². The fourth-order valence-corrected chi connectivity index (χ4v) is 3.86. The molecule has 0 radical (unpaired) electrons. The van der Waals surface area contributed by atoms with E-state index in [4.69, 9.17) is 42.5 Å². The fraction of sp³-hybridized carbons (Fsp3) is 0.423. The monoisotopic (exact) mass is 642 g/mol. The molecular weight excluding hydrogens is 614 g/mol. The van der Waals surface area contributed by atoms with E-state index in [1.807, 2.05) is 6.07 Å². The Labute approximate surface area is 270 Å². The molecule has 0 aliphatic carbocycles. The van der Waals surface area contributed by atoms with Crippen molar-refractivity contribution < 1.29 is 80.3 Å². The van der Waals surface area contributed by atoms with Gasteiger partial charge in [0.05, 0.1) is 18.2 Å². The first kappa shape index (κ1) is 37.3. The quantitative estimate of drug-likeness (QED) is 0.0865. The third kappa shape index (κ3) is 15.9. The van der Waals surface area contributed by atoms with Gasteiger partial charge in [0.15, 0.2) is 5.75 Å². The predicted octanol–water partition coefficient (Wildman–Crippen LogP) is 1.81. The molecule has 0 saturated heterocycles. The van der Waals surface area contributed by atoms with E-state index in [0.29, 0.717) is 35.3 Å². The Balaban J connectivity index is 0.000000433. The summed E-state index contributed by atoms with van der Waals surface area (Å²) in [6, 6.07) is 9.94. The minimum absolute atomic E-state index is 0. The standard InChI is InChI=1S/C18H22O6.C8H8Cl2O5S.Na/c1-2-14(19)4-5-15(20)6-7-16(21)9-10-22-17-8-3-13-12-23-24-18(13)11-17;9-6-1-2-8(7(10)5-6)14-3-4-15-16(11,12)13;/h3,8,11H,2,4-7,9-10,12H2,1H3;1-2,5H,3-4H2,(H,11,12,13);/q;;+1/p-1. The summed E-state index contributed by atoms with van der Waals surface area (Å²) >= 11 is 11.4. The third-order valence-electron chi connectivity index (χ3n) is 5.27. The van der Waals surface area contributed by atoms with Crippen molar-refractivity contribution in [2.24, 2.45) is 0 Å². The molecule has 0 fully saturated rings. The third-order valence-corrected chi connectivity index (χ3v) is 6.26. The van der Waals surface area contributed by atoms with E-state index in [1.165, 1.54) is 12.1 Å². The SMILES string of the molecule is CCC(=O)CCC(=O)CCC(=O)CCOc1ccc2c(c1)OOC2.O=S(=O)([O-])OCCOc1ccc(Cl)cc1Cl.[Na+]. The van der Waals surface area contributed by atoms with Gasteiger partial charge >= 0.3 is 29.6 Å². The number of fused-ring (bicyclic) bond motifs is 1. The van der Waals surface area contributed by atoms with Crippen molar-refractivity contribution in [3.63, 3.8) is 0 Å². The molecule has 0 atom stereocenters. The summed E-state index contributed by atoms with van der Waals surface area (Å²) in [5, 5.41) is 0.744. The van der Waals surface area contributed by atoms with Crippen molar-refractivity contribution in [3.05, 3.63) is 52.0 Å². The first-order chi connectivity index (χ1) is 19.0. The van der Waals surface area contributed by atoms with Crippen LogP contribution in [0.5, 0.6) is 17.2 Å². The number of hydrogen-bond acceptors (Lipinski definition) is 11. The Morgan fingerprint density at radius 1 is 0.878 bits per heavy atom. The van der Waals surface area contributed by atoms with Crippen LogP contribution >= 0.6 is 23.2 Å². The van der Waals surface area contributed by atoms with Gasteiger partial charge in [0.1, 0.15) is 42.1 Å². The van der Waals surface area contributed by atoms with Crippen LogP contribution in [0.1, 0.15) is 51.0 Å². The van der Waals surface area contributed by atoms with Crippen LogP contribution in [-0.4, -0.2) is 50.1 Å². The van der Waals surface area contributed by atoms with Crippen LogP contribution in [0.25, 0.3) is 0 Å². The molecule has 220 valence electrons. The number of Topliss-reactive ketones (excluding diaryl/α,β-unsaturated/α-hetero) is 3. The fourth-order valence-electron chi connectivity index (χ4n) is 3.13. The van der Waals surface area contributed by atoms with Gasteiger partial charge in [0, 0.05) is 55.2 Å². The number of benzene rings is 2. The van der Waals surface area contributed by atoms with Gasteiger partial charge in [-0.25, -0.2) is 8.42 Å². The summed E-state index contributed by atoms with van der Waals surface area (Å²) in [5.41, 5.74) is 0.957. The van der Waals surface area contributed by atoms with Crippen molar-refractivity contribution >= 4 is 51.0 Å². The average molecular weight is 643 g/mol. The average Bonchev–Trinajstić information content (AvgIpc) is 3.37. The van der Waals surface area contributed by atoms with Crippen LogP contribution in [-0.2, 0) is 40.5 Å². The Morgan fingerprint density at radius 2 is 1.54 bits per heavy atom. The van der Waals surface area contributed by atoms with Crippen molar-refractivity contribution in [3.8, 4) is 17.2 Å². The molecule has 1 aliphatic heterocycles. The van der Waals surface area contributed by atoms with E-state index in [2.05, 4.69) is 4.18 Å². The maximum atomic E-state index is 11.8. The minimum Gasteiger partial charge on any atom is -0.726 e. The molecule has 2 aromatic rings. The first-order valence-corrected chi connectivity index (χ1v) is 14.3. The molecular formula is C26H29Cl2NaO11S. The van der Waals surface area contributed by atoms with Gasteiger partial charge in [0.2, 0.25) is 10.4 Å². The van der Waals surface area contributed by atoms with E-state index in [-0.39, 0.29) is 104 Å². The number of carbonyl (C=O) groups excluding carboxylic acids is 3. The number of halogens is 2. The summed E-state index contributed by atoms with van der Waals surface area (Å²) < 4.78 is 44.8. The van der Waals surface area contributed by atoms with E-state index < -0.39 is 10.4 Å². The maximum Gasteiger partial charge on any atom is 1.00 e. The zero-order valence-corrected chi connectivity index (χ0v) is 27.0. The molecule has 0 N–H and O–H groups in total. The predicted molar refractivity (Wildman–Crippen MR) is 143 cm³/mol. The molecule has 2 aromatic carbocycles. The molecule has 15 heteroatoms. The summed E-state index contributed by atoms with van der Waals surface area (Å²) in [4.78, 5) is 44.4. The Hall–Kier alpha value is -1.74. The van der Waals surface area contributed by atoms with Crippen LogP contribution in [0.15, 0.2) is 36.4 Å². The zero-order chi connectivity index (χ0) is 29.5. The second kappa shape index (κ2) is 19.4. The number of ether oxygens (including phenoxy) is 2. The number of hydrogen-bond donors (Lipinski definition) is 0. The Bertz CT molecular complexity index is 1270.